The lowest BCUT2D eigenvalue weighted by Crippen LogP contribution is -2.45. The number of carboxylic acid groups (broad SMARTS) is 2. The smallest absolute Gasteiger partial charge is 0.305 e. The van der Waals surface area contributed by atoms with Crippen LogP contribution in [0.15, 0.2) is 170 Å². The summed E-state index contributed by atoms with van der Waals surface area (Å²) in [5.74, 6) is -4.20. The number of nitrogens with zero attached hydrogens (tertiary/aromatic N) is 2. The van der Waals surface area contributed by atoms with Crippen molar-refractivity contribution in [3.8, 4) is 44.8 Å². The Labute approximate surface area is 501 Å². The zero-order valence-electron chi connectivity index (χ0n) is 49.6. The van der Waals surface area contributed by atoms with Crippen molar-refractivity contribution >= 4 is 35.1 Å². The molecule has 5 N–H and O–H groups in total. The molecule has 16 heteroatoms. The van der Waals surface area contributed by atoms with Gasteiger partial charge in [-0.05, 0) is 134 Å². The summed E-state index contributed by atoms with van der Waals surface area (Å²) in [4.78, 5) is 51.0. The van der Waals surface area contributed by atoms with Crippen molar-refractivity contribution < 1.29 is 57.5 Å². The van der Waals surface area contributed by atoms with E-state index in [9.17, 15) is 43.3 Å². The van der Waals surface area contributed by atoms with Crippen molar-refractivity contribution in [2.24, 2.45) is 0 Å². The second kappa shape index (κ2) is 29.0. The van der Waals surface area contributed by atoms with Gasteiger partial charge in [-0.3, -0.25) is 19.2 Å². The Hall–Kier alpha value is -8.54. The zero-order chi connectivity index (χ0) is 61.7. The normalized spacial score (nSPS) is 15.3. The number of benzene rings is 6. The van der Waals surface area contributed by atoms with Gasteiger partial charge in [-0.25, -0.2) is 8.78 Å². The first-order valence-electron chi connectivity index (χ1n) is 29.1. The molecular weight excluding hydrogens is 1090 g/mol. The minimum absolute atomic E-state index is 0.0463. The Balaban J connectivity index is 0.000000224. The van der Waals surface area contributed by atoms with Gasteiger partial charge in [0.15, 0.2) is 5.79 Å². The number of carbonyl (C=O) groups is 4. The van der Waals surface area contributed by atoms with Crippen LogP contribution >= 0.6 is 0 Å². The van der Waals surface area contributed by atoms with Gasteiger partial charge < -0.3 is 49.3 Å². The van der Waals surface area contributed by atoms with Crippen LogP contribution in [0.2, 0.25) is 0 Å². The summed E-state index contributed by atoms with van der Waals surface area (Å²) in [6, 6.07) is 50.5. The third-order valence-electron chi connectivity index (χ3n) is 15.0. The number of ether oxygens (including phenoxy) is 3. The predicted octanol–water partition coefficient (Wildman–Crippen LogP) is 15.1. The molecule has 1 aliphatic heterocycles. The maximum Gasteiger partial charge on any atom is 0.305 e. The van der Waals surface area contributed by atoms with E-state index in [4.69, 9.17) is 14.2 Å². The van der Waals surface area contributed by atoms with E-state index in [0.29, 0.717) is 48.4 Å². The van der Waals surface area contributed by atoms with Crippen LogP contribution in [0.5, 0.6) is 0 Å². The lowest BCUT2D eigenvalue weighted by molar-refractivity contribution is -0.300. The van der Waals surface area contributed by atoms with Crippen LogP contribution in [0.1, 0.15) is 124 Å². The molecule has 0 bridgehead atoms. The van der Waals surface area contributed by atoms with E-state index in [1.807, 2.05) is 140 Å². The fraction of sp³-hybridized carbons (Fsp3) is 0.314. The van der Waals surface area contributed by atoms with Crippen molar-refractivity contribution in [1.82, 2.24) is 9.13 Å². The molecule has 4 atom stereocenters. The molecule has 86 heavy (non-hydrogen) atoms. The van der Waals surface area contributed by atoms with Crippen LogP contribution in [-0.4, -0.2) is 85.5 Å². The van der Waals surface area contributed by atoms with Crippen LogP contribution < -0.4 is 10.6 Å². The first-order chi connectivity index (χ1) is 41.2. The van der Waals surface area contributed by atoms with Gasteiger partial charge in [-0.15, -0.1) is 0 Å². The second-order valence-electron chi connectivity index (χ2n) is 22.6. The zero-order valence-corrected chi connectivity index (χ0v) is 49.6. The Morgan fingerprint density at radius 1 is 0.581 bits per heavy atom. The average molecular weight is 1170 g/mol. The minimum atomic E-state index is -0.998. The lowest BCUT2D eigenvalue weighted by Gasteiger charge is -2.40. The molecule has 14 nitrogen and oxygen atoms in total. The molecule has 8 aromatic rings. The van der Waals surface area contributed by atoms with Gasteiger partial charge in [0.1, 0.15) is 11.6 Å². The van der Waals surface area contributed by atoms with Crippen LogP contribution in [-0.2, 0) is 36.9 Å². The van der Waals surface area contributed by atoms with E-state index in [0.717, 1.165) is 56.2 Å². The summed E-state index contributed by atoms with van der Waals surface area (Å²) in [6.45, 7) is 12.6. The molecule has 1 saturated heterocycles. The van der Waals surface area contributed by atoms with Crippen molar-refractivity contribution in [2.45, 2.75) is 135 Å². The highest BCUT2D eigenvalue weighted by Gasteiger charge is 2.38. The standard InChI is InChI=1S/C36H39FN2O5.C34H37FN2O5/c1-23(2)33-32(35(42)38-27-13-9-6-10-14-27)31(24-11-7-5-8-12-24)34(25-15-17-26(37)18-16-25)39(33)20-19-28-21-29(22-30(40)41)44-36(3,4)43-28;1-22(2)32-31(34(41)36-26-12-8-5-9-13-26)30(23-10-6-4-7-11-23)33(24-14-16-25(35)17-15-24)37(32)19-18-27(38)20-28(42-3)21-29(39)40/h5-18,23,28-29H,19-22H2,1-4H3,(H,38,42)(H,40,41);4-17,22,27-28,38H,18-21H2,1-3H3,(H,36,41)(H,39,40)/t28-,29-;27-,28-/m11/s1. The molecule has 9 rings (SSSR count). The molecule has 6 aromatic carbocycles. The van der Waals surface area contributed by atoms with Crippen molar-refractivity contribution in [2.75, 3.05) is 17.7 Å². The third-order valence-corrected chi connectivity index (χ3v) is 15.0. The van der Waals surface area contributed by atoms with Crippen molar-refractivity contribution in [3.63, 3.8) is 0 Å². The summed E-state index contributed by atoms with van der Waals surface area (Å²) in [7, 11) is 1.43. The maximum atomic E-state index is 14.2. The molecule has 2 aromatic heterocycles. The van der Waals surface area contributed by atoms with Gasteiger partial charge in [-0.1, -0.05) is 125 Å². The van der Waals surface area contributed by atoms with Gasteiger partial charge >= 0.3 is 11.9 Å². The highest BCUT2D eigenvalue weighted by Crippen LogP contribution is 2.45. The van der Waals surface area contributed by atoms with Crippen LogP contribution in [0.4, 0.5) is 20.2 Å². The Bertz CT molecular complexity index is 3550. The molecule has 1 aliphatic rings. The van der Waals surface area contributed by atoms with E-state index >= 15 is 0 Å². The fourth-order valence-corrected chi connectivity index (χ4v) is 11.6. The number of hydrogen-bond donors (Lipinski definition) is 5. The van der Waals surface area contributed by atoms with E-state index in [1.54, 1.807) is 38.1 Å². The number of para-hydroxylation sites is 2. The topological polar surface area (TPSA) is 191 Å². The number of rotatable bonds is 23. The van der Waals surface area contributed by atoms with Gasteiger partial charge in [0.05, 0.1) is 59.8 Å². The summed E-state index contributed by atoms with van der Waals surface area (Å²) < 4.78 is 49.9. The largest absolute Gasteiger partial charge is 0.481 e. The Morgan fingerprint density at radius 3 is 1.38 bits per heavy atom. The molecule has 0 aliphatic carbocycles. The maximum absolute atomic E-state index is 14.2. The molecule has 0 unspecified atom stereocenters. The number of nitrogens with one attached hydrogen (secondary N) is 2. The minimum Gasteiger partial charge on any atom is -0.481 e. The average Bonchev–Trinajstić information content (AvgIpc) is 1.64. The second-order valence-corrected chi connectivity index (χ2v) is 22.6. The summed E-state index contributed by atoms with van der Waals surface area (Å²) >= 11 is 0. The molecular formula is C70H76F2N4O10. The number of aromatic nitrogens is 2. The Morgan fingerprint density at radius 2 is 0.988 bits per heavy atom. The predicted molar refractivity (Wildman–Crippen MR) is 331 cm³/mol. The summed E-state index contributed by atoms with van der Waals surface area (Å²) in [5, 5.41) is 35.7. The molecule has 1 fully saturated rings. The number of hydrogen-bond acceptors (Lipinski definition) is 8. The van der Waals surface area contributed by atoms with Crippen LogP contribution in [0.25, 0.3) is 44.8 Å². The van der Waals surface area contributed by atoms with E-state index < -0.39 is 36.0 Å². The Kier molecular flexibility index (Phi) is 21.4. The molecule has 0 spiro atoms. The number of aliphatic carboxylic acids is 2. The quantitative estimate of drug-likeness (QED) is 0.0412. The van der Waals surface area contributed by atoms with E-state index in [1.165, 1.54) is 31.4 Å². The van der Waals surface area contributed by atoms with Crippen molar-refractivity contribution in [3.05, 3.63) is 204 Å². The molecule has 0 saturated carbocycles. The number of halogens is 2. The highest BCUT2D eigenvalue weighted by atomic mass is 19.1. The van der Waals surface area contributed by atoms with E-state index in [2.05, 4.69) is 29.0 Å². The number of amides is 2. The van der Waals surface area contributed by atoms with Crippen molar-refractivity contribution in [1.29, 1.82) is 0 Å². The summed E-state index contributed by atoms with van der Waals surface area (Å²) in [6.07, 6.45) is -1.10. The number of carboxylic acids is 2. The van der Waals surface area contributed by atoms with Gasteiger partial charge in [-0.2, -0.15) is 0 Å². The summed E-state index contributed by atoms with van der Waals surface area (Å²) in [5.41, 5.74) is 10.3. The van der Waals surface area contributed by atoms with Gasteiger partial charge in [0.2, 0.25) is 0 Å². The fourth-order valence-electron chi connectivity index (χ4n) is 11.6. The number of methoxy groups -OCH3 is 1. The number of anilines is 2. The number of aliphatic hydroxyl groups excluding tert-OH is 1. The first-order valence-corrected chi connectivity index (χ1v) is 29.1. The number of carbonyl (C=O) groups excluding carboxylic acids is 2. The lowest BCUT2D eigenvalue weighted by atomic mass is 9.94. The van der Waals surface area contributed by atoms with Crippen LogP contribution in [0.3, 0.4) is 0 Å². The van der Waals surface area contributed by atoms with Crippen LogP contribution in [0, 0.1) is 11.6 Å². The monoisotopic (exact) mass is 1170 g/mol. The van der Waals surface area contributed by atoms with E-state index in [-0.39, 0.29) is 67.1 Å². The third kappa shape index (κ3) is 16.0. The number of aliphatic hydroxyl groups is 1. The van der Waals surface area contributed by atoms with Gasteiger partial charge in [0.25, 0.3) is 11.8 Å². The van der Waals surface area contributed by atoms with Gasteiger partial charge in [0, 0.05) is 66.9 Å². The molecule has 3 heterocycles. The molecule has 2 amide bonds. The highest BCUT2D eigenvalue weighted by molar-refractivity contribution is 6.13. The molecule has 450 valence electrons. The molecule has 0 radical (unpaired) electrons. The SMILES string of the molecule is CC(C)c1c(C(=O)Nc2ccccc2)c(-c2ccccc2)c(-c2ccc(F)cc2)n1CC[C@@H]1C[C@H](CC(=O)O)OC(C)(C)O1.CO[C@@H](CC(=O)O)C[C@H](O)CCn1c(-c2ccc(F)cc2)c(-c2ccccc2)c(C(=O)Nc2ccccc2)c1C(C)C. The first kappa shape index (κ1) is 63.5.